The first-order chi connectivity index (χ1) is 7.45. The van der Waals surface area contributed by atoms with Gasteiger partial charge in [-0.25, -0.2) is 0 Å². The van der Waals surface area contributed by atoms with E-state index in [-0.39, 0.29) is 5.54 Å². The highest BCUT2D eigenvalue weighted by atomic mass is 16.5. The number of pyridine rings is 1. The van der Waals surface area contributed by atoms with Crippen LogP contribution in [0, 0.1) is 0 Å². The van der Waals surface area contributed by atoms with E-state index >= 15 is 0 Å². The fourth-order valence-corrected chi connectivity index (χ4v) is 1.05. The van der Waals surface area contributed by atoms with Gasteiger partial charge in [0.2, 0.25) is 0 Å². The van der Waals surface area contributed by atoms with E-state index in [0.717, 1.165) is 11.4 Å². The van der Waals surface area contributed by atoms with Gasteiger partial charge in [-0.05, 0) is 34.0 Å². The summed E-state index contributed by atoms with van der Waals surface area (Å²) >= 11 is 0. The summed E-state index contributed by atoms with van der Waals surface area (Å²) in [5.41, 5.74) is 6.38. The molecular weight excluding hydrogens is 202 g/mol. The van der Waals surface area contributed by atoms with Crippen LogP contribution in [0.5, 0.6) is 5.75 Å². The Balaban J connectivity index is 2.60. The molecule has 0 aliphatic rings. The second kappa shape index (κ2) is 5.27. The van der Waals surface area contributed by atoms with E-state index in [1.54, 1.807) is 6.20 Å². The molecule has 4 nitrogen and oxygen atoms in total. The van der Waals surface area contributed by atoms with Gasteiger partial charge in [-0.2, -0.15) is 0 Å². The largest absolute Gasteiger partial charge is 0.492 e. The molecule has 0 saturated heterocycles. The highest BCUT2D eigenvalue weighted by Gasteiger charge is 2.21. The van der Waals surface area contributed by atoms with Crippen molar-refractivity contribution in [3.63, 3.8) is 0 Å². The third-order valence-corrected chi connectivity index (χ3v) is 2.80. The molecule has 0 fully saturated rings. The number of hydrogen-bond acceptors (Lipinski definition) is 4. The van der Waals surface area contributed by atoms with Gasteiger partial charge in [-0.15, -0.1) is 0 Å². The molecule has 4 heteroatoms. The molecule has 1 aromatic rings. The molecule has 0 amide bonds. The molecular formula is C12H21N3O. The Labute approximate surface area is 97.4 Å². The predicted octanol–water partition coefficient (Wildman–Crippen LogP) is 1.26. The fraction of sp³-hybridized carbons (Fsp3) is 0.583. The van der Waals surface area contributed by atoms with Crippen molar-refractivity contribution in [2.24, 2.45) is 5.73 Å². The summed E-state index contributed by atoms with van der Waals surface area (Å²) in [5, 5.41) is 0. The van der Waals surface area contributed by atoms with Gasteiger partial charge in [-0.3, -0.25) is 4.98 Å². The highest BCUT2D eigenvalue weighted by molar-refractivity contribution is 5.22. The van der Waals surface area contributed by atoms with E-state index in [1.807, 2.05) is 26.2 Å². The van der Waals surface area contributed by atoms with E-state index in [2.05, 4.69) is 23.7 Å². The molecule has 0 saturated carbocycles. The summed E-state index contributed by atoms with van der Waals surface area (Å²) in [6.07, 6.45) is 1.72. The number of aromatic nitrogens is 1. The Bertz CT molecular complexity index is 337. The van der Waals surface area contributed by atoms with Crippen LogP contribution in [0.3, 0.4) is 0 Å². The van der Waals surface area contributed by atoms with Crippen molar-refractivity contribution in [3.8, 4) is 5.75 Å². The third kappa shape index (κ3) is 3.47. The van der Waals surface area contributed by atoms with Crippen LogP contribution in [-0.2, 0) is 6.54 Å². The molecule has 16 heavy (non-hydrogen) atoms. The van der Waals surface area contributed by atoms with Gasteiger partial charge in [0.05, 0.1) is 5.69 Å². The van der Waals surface area contributed by atoms with Crippen LogP contribution in [0.2, 0.25) is 0 Å². The number of hydrogen-bond donors (Lipinski definition) is 1. The molecule has 0 atom stereocenters. The zero-order valence-electron chi connectivity index (χ0n) is 10.5. The van der Waals surface area contributed by atoms with Gasteiger partial charge in [0.25, 0.3) is 0 Å². The molecule has 0 radical (unpaired) electrons. The fourth-order valence-electron chi connectivity index (χ4n) is 1.05. The second-order valence-corrected chi connectivity index (χ2v) is 4.68. The van der Waals surface area contributed by atoms with Crippen molar-refractivity contribution >= 4 is 0 Å². The van der Waals surface area contributed by atoms with E-state index in [0.29, 0.717) is 13.2 Å². The molecule has 0 aromatic carbocycles. The summed E-state index contributed by atoms with van der Waals surface area (Å²) in [6.45, 7) is 5.35. The number of ether oxygens (including phenoxy) is 1. The van der Waals surface area contributed by atoms with Gasteiger partial charge in [0, 0.05) is 24.3 Å². The van der Waals surface area contributed by atoms with Gasteiger partial charge in [-0.1, -0.05) is 0 Å². The third-order valence-electron chi connectivity index (χ3n) is 2.80. The number of rotatable bonds is 5. The minimum absolute atomic E-state index is 0.00610. The highest BCUT2D eigenvalue weighted by Crippen LogP contribution is 2.15. The quantitative estimate of drug-likeness (QED) is 0.816. The Morgan fingerprint density at radius 1 is 1.44 bits per heavy atom. The summed E-state index contributed by atoms with van der Waals surface area (Å²) in [7, 11) is 4.09. The lowest BCUT2D eigenvalue weighted by atomic mass is 10.1. The average Bonchev–Trinajstić information content (AvgIpc) is 2.26. The second-order valence-electron chi connectivity index (χ2n) is 4.68. The average molecular weight is 223 g/mol. The van der Waals surface area contributed by atoms with Crippen LogP contribution >= 0.6 is 0 Å². The Morgan fingerprint density at radius 2 is 2.12 bits per heavy atom. The van der Waals surface area contributed by atoms with Crippen molar-refractivity contribution in [2.45, 2.75) is 25.9 Å². The van der Waals surface area contributed by atoms with Crippen molar-refractivity contribution in [2.75, 3.05) is 20.7 Å². The monoisotopic (exact) mass is 223 g/mol. The van der Waals surface area contributed by atoms with E-state index in [4.69, 9.17) is 10.5 Å². The normalized spacial score (nSPS) is 11.9. The molecule has 1 aromatic heterocycles. The van der Waals surface area contributed by atoms with Crippen LogP contribution in [-0.4, -0.2) is 36.1 Å². The van der Waals surface area contributed by atoms with Crippen molar-refractivity contribution < 1.29 is 4.74 Å². The maximum absolute atomic E-state index is 5.74. The molecule has 0 spiro atoms. The van der Waals surface area contributed by atoms with Gasteiger partial charge in [0.15, 0.2) is 0 Å². The maximum Gasteiger partial charge on any atom is 0.122 e. The van der Waals surface area contributed by atoms with Crippen molar-refractivity contribution in [1.82, 2.24) is 9.88 Å². The first kappa shape index (κ1) is 12.9. The topological polar surface area (TPSA) is 51.4 Å². The first-order valence-corrected chi connectivity index (χ1v) is 5.41. The molecule has 0 aliphatic heterocycles. The van der Waals surface area contributed by atoms with Crippen LogP contribution in [0.1, 0.15) is 19.5 Å². The van der Waals surface area contributed by atoms with Crippen LogP contribution in [0.15, 0.2) is 18.3 Å². The van der Waals surface area contributed by atoms with Crippen LogP contribution in [0.4, 0.5) is 0 Å². The summed E-state index contributed by atoms with van der Waals surface area (Å²) in [6, 6.07) is 3.73. The smallest absolute Gasteiger partial charge is 0.122 e. The lowest BCUT2D eigenvalue weighted by Gasteiger charge is -2.32. The molecule has 2 N–H and O–H groups in total. The standard InChI is InChI=1S/C12H21N3O/c1-12(2,15(3)4)9-16-11-5-6-14-10(7-11)8-13/h5-7H,8-9,13H2,1-4H3. The number of likely N-dealkylation sites (N-methyl/N-ethyl adjacent to an activating group) is 1. The summed E-state index contributed by atoms with van der Waals surface area (Å²) in [4.78, 5) is 6.26. The zero-order chi connectivity index (χ0) is 12.2. The van der Waals surface area contributed by atoms with Gasteiger partial charge >= 0.3 is 0 Å². The predicted molar refractivity (Wildman–Crippen MR) is 65.4 cm³/mol. The van der Waals surface area contributed by atoms with Crippen molar-refractivity contribution in [1.29, 1.82) is 0 Å². The summed E-state index contributed by atoms with van der Waals surface area (Å²) in [5.74, 6) is 0.824. The Hall–Kier alpha value is -1.13. The molecule has 0 aliphatic carbocycles. The Kier molecular flexibility index (Phi) is 4.26. The van der Waals surface area contributed by atoms with E-state index < -0.39 is 0 Å². The number of nitrogens with zero attached hydrogens (tertiary/aromatic N) is 2. The lowest BCUT2D eigenvalue weighted by Crippen LogP contribution is -2.43. The van der Waals surface area contributed by atoms with E-state index in [9.17, 15) is 0 Å². The molecule has 1 heterocycles. The lowest BCUT2D eigenvalue weighted by molar-refractivity contribution is 0.114. The number of nitrogens with two attached hydrogens (primary N) is 1. The zero-order valence-corrected chi connectivity index (χ0v) is 10.5. The molecule has 0 unspecified atom stereocenters. The summed E-state index contributed by atoms with van der Waals surface area (Å²) < 4.78 is 5.74. The van der Waals surface area contributed by atoms with Crippen molar-refractivity contribution in [3.05, 3.63) is 24.0 Å². The minimum atomic E-state index is 0.00610. The Morgan fingerprint density at radius 3 is 2.69 bits per heavy atom. The molecule has 90 valence electrons. The molecule has 1 rings (SSSR count). The van der Waals surface area contributed by atoms with E-state index in [1.165, 1.54) is 0 Å². The minimum Gasteiger partial charge on any atom is -0.492 e. The SMILES string of the molecule is CN(C)C(C)(C)COc1ccnc(CN)c1. The van der Waals surface area contributed by atoms with Gasteiger partial charge < -0.3 is 15.4 Å². The van der Waals surface area contributed by atoms with Crippen LogP contribution in [0.25, 0.3) is 0 Å². The molecule has 0 bridgehead atoms. The first-order valence-electron chi connectivity index (χ1n) is 5.41. The van der Waals surface area contributed by atoms with Gasteiger partial charge in [0.1, 0.15) is 12.4 Å². The van der Waals surface area contributed by atoms with Crippen LogP contribution < -0.4 is 10.5 Å². The maximum atomic E-state index is 5.74.